The van der Waals surface area contributed by atoms with Gasteiger partial charge in [-0.3, -0.25) is 4.57 Å². The number of hydrogen-bond donors (Lipinski definition) is 2. The van der Waals surface area contributed by atoms with E-state index >= 15 is 0 Å². The molecule has 8 rings (SSSR count). The first-order valence-electron chi connectivity index (χ1n) is 19.0. The fraction of sp³-hybridized carbons (Fsp3) is 0.239. The number of imidazole rings is 1. The van der Waals surface area contributed by atoms with Gasteiger partial charge in [-0.25, -0.2) is 15.0 Å². The van der Waals surface area contributed by atoms with Crippen molar-refractivity contribution in [1.29, 1.82) is 0 Å². The summed E-state index contributed by atoms with van der Waals surface area (Å²) < 4.78 is 37.4. The zero-order chi connectivity index (χ0) is 39.9. The van der Waals surface area contributed by atoms with Crippen molar-refractivity contribution in [1.82, 2.24) is 19.5 Å². The Morgan fingerprint density at radius 2 is 1.21 bits per heavy atom. The molecule has 0 amide bonds. The number of ether oxygens (including phenoxy) is 6. The molecule has 5 aromatic carbocycles. The molecule has 0 saturated carbocycles. The lowest BCUT2D eigenvalue weighted by atomic mass is 9.77. The Balaban J connectivity index is 1.17. The van der Waals surface area contributed by atoms with E-state index in [4.69, 9.17) is 43.4 Å². The van der Waals surface area contributed by atoms with Crippen LogP contribution in [0.5, 0.6) is 17.2 Å². The van der Waals surface area contributed by atoms with Crippen molar-refractivity contribution in [2.24, 2.45) is 0 Å². The Hall–Kier alpha value is -6.31. The Kier molecular flexibility index (Phi) is 11.6. The third-order valence-corrected chi connectivity index (χ3v) is 10.5. The lowest BCUT2D eigenvalue weighted by Gasteiger charge is -2.37. The number of methoxy groups -OCH3 is 3. The summed E-state index contributed by atoms with van der Waals surface area (Å²) in [5, 5.41) is 15.6. The number of rotatable bonds is 16. The van der Waals surface area contributed by atoms with Crippen LogP contribution in [0, 0.1) is 0 Å². The van der Waals surface area contributed by atoms with Crippen LogP contribution in [0.15, 0.2) is 146 Å². The molecule has 12 nitrogen and oxygen atoms in total. The standard InChI is InChI=1S/C46H45N5O7/c1-53-36-20-14-32(15-21-36)27-57-42-41(52)39(28-56-26-31-10-6-4-7-11-31)58-45(42)51-30-49-40-43(47-29-48-44(40)51)50-46(33-12-8-5-9-13-33,34-16-22-37(54-2)23-17-34)35-18-24-38(55-3)25-19-35/h4-25,29-30,39,41-42,45,52H,26-28H2,1-3H3,(H,47,48,50)/t39-,41-,42-,45-/m1/s1. The van der Waals surface area contributed by atoms with Gasteiger partial charge >= 0.3 is 0 Å². The van der Waals surface area contributed by atoms with Crippen molar-refractivity contribution in [3.05, 3.63) is 174 Å². The van der Waals surface area contributed by atoms with E-state index < -0.39 is 30.1 Å². The second-order valence-corrected chi connectivity index (χ2v) is 13.9. The van der Waals surface area contributed by atoms with Gasteiger partial charge in [-0.15, -0.1) is 0 Å². The molecule has 0 aliphatic carbocycles. The van der Waals surface area contributed by atoms with E-state index in [1.165, 1.54) is 6.33 Å². The monoisotopic (exact) mass is 779 g/mol. The number of aliphatic hydroxyl groups excluding tert-OH is 1. The highest BCUT2D eigenvalue weighted by Crippen LogP contribution is 2.42. The zero-order valence-corrected chi connectivity index (χ0v) is 32.5. The molecule has 3 heterocycles. The molecule has 1 aliphatic heterocycles. The highest BCUT2D eigenvalue weighted by Gasteiger charge is 2.46. The summed E-state index contributed by atoms with van der Waals surface area (Å²) in [6.45, 7) is 0.741. The Morgan fingerprint density at radius 1 is 0.655 bits per heavy atom. The fourth-order valence-electron chi connectivity index (χ4n) is 7.44. The van der Waals surface area contributed by atoms with Crippen molar-refractivity contribution in [3.8, 4) is 17.2 Å². The average Bonchev–Trinajstić information content (AvgIpc) is 3.86. The van der Waals surface area contributed by atoms with Gasteiger partial charge in [0.25, 0.3) is 0 Å². The van der Waals surface area contributed by atoms with Gasteiger partial charge in [0.2, 0.25) is 0 Å². The molecule has 1 aliphatic rings. The molecule has 0 bridgehead atoms. The van der Waals surface area contributed by atoms with Crippen LogP contribution in [-0.4, -0.2) is 70.9 Å². The number of benzene rings is 5. The van der Waals surface area contributed by atoms with E-state index in [0.717, 1.165) is 45.1 Å². The quantitative estimate of drug-likeness (QED) is 0.0958. The van der Waals surface area contributed by atoms with Crippen LogP contribution in [0.3, 0.4) is 0 Å². The van der Waals surface area contributed by atoms with Crippen molar-refractivity contribution in [2.45, 2.75) is 43.3 Å². The minimum absolute atomic E-state index is 0.146. The average molecular weight is 780 g/mol. The van der Waals surface area contributed by atoms with Crippen LogP contribution in [0.4, 0.5) is 5.82 Å². The highest BCUT2D eigenvalue weighted by atomic mass is 16.6. The molecule has 296 valence electrons. The third kappa shape index (κ3) is 7.83. The maximum absolute atomic E-state index is 11.8. The predicted octanol–water partition coefficient (Wildman–Crippen LogP) is 7.32. The molecular formula is C46H45N5O7. The number of aliphatic hydroxyl groups is 1. The summed E-state index contributed by atoms with van der Waals surface area (Å²) in [6, 6.07) is 43.6. The summed E-state index contributed by atoms with van der Waals surface area (Å²) in [5.41, 5.74) is 4.79. The third-order valence-electron chi connectivity index (χ3n) is 10.5. The van der Waals surface area contributed by atoms with Gasteiger partial charge in [-0.05, 0) is 64.2 Å². The van der Waals surface area contributed by atoms with E-state index in [2.05, 4.69) is 17.4 Å². The minimum Gasteiger partial charge on any atom is -0.497 e. The number of nitrogens with zero attached hydrogens (tertiary/aromatic N) is 4. The number of hydrogen-bond acceptors (Lipinski definition) is 11. The van der Waals surface area contributed by atoms with E-state index in [9.17, 15) is 5.11 Å². The molecule has 1 saturated heterocycles. The molecule has 7 aromatic rings. The van der Waals surface area contributed by atoms with Gasteiger partial charge in [0.1, 0.15) is 47.4 Å². The second kappa shape index (κ2) is 17.5. The summed E-state index contributed by atoms with van der Waals surface area (Å²) in [7, 11) is 4.93. The van der Waals surface area contributed by atoms with E-state index in [0.29, 0.717) is 23.6 Å². The molecule has 4 atom stereocenters. The molecule has 0 unspecified atom stereocenters. The van der Waals surface area contributed by atoms with Gasteiger partial charge in [0, 0.05) is 0 Å². The first-order valence-corrected chi connectivity index (χ1v) is 19.0. The highest BCUT2D eigenvalue weighted by molar-refractivity contribution is 5.84. The second-order valence-electron chi connectivity index (χ2n) is 13.9. The maximum atomic E-state index is 11.8. The zero-order valence-electron chi connectivity index (χ0n) is 32.5. The van der Waals surface area contributed by atoms with Crippen LogP contribution in [0.1, 0.15) is 34.0 Å². The van der Waals surface area contributed by atoms with Crippen LogP contribution >= 0.6 is 0 Å². The van der Waals surface area contributed by atoms with E-state index in [-0.39, 0.29) is 13.2 Å². The molecule has 2 aromatic heterocycles. The normalized spacial score (nSPS) is 17.9. The van der Waals surface area contributed by atoms with Crippen molar-refractivity contribution in [3.63, 3.8) is 0 Å². The number of fused-ring (bicyclic) bond motifs is 1. The van der Waals surface area contributed by atoms with Gasteiger partial charge in [-0.2, -0.15) is 0 Å². The topological polar surface area (TPSA) is 131 Å². The van der Waals surface area contributed by atoms with Gasteiger partial charge < -0.3 is 38.8 Å². The molecule has 2 N–H and O–H groups in total. The Bertz CT molecular complexity index is 2330. The first-order chi connectivity index (χ1) is 28.5. The first kappa shape index (κ1) is 38.6. The molecular weight excluding hydrogens is 735 g/mol. The summed E-state index contributed by atoms with van der Waals surface area (Å²) in [5.74, 6) is 2.69. The van der Waals surface area contributed by atoms with Gasteiger partial charge in [-0.1, -0.05) is 97.1 Å². The molecule has 12 heteroatoms. The fourth-order valence-corrected chi connectivity index (χ4v) is 7.44. The summed E-state index contributed by atoms with van der Waals surface area (Å²) >= 11 is 0. The molecule has 1 fully saturated rings. The Morgan fingerprint density at radius 3 is 1.81 bits per heavy atom. The predicted molar refractivity (Wildman–Crippen MR) is 219 cm³/mol. The van der Waals surface area contributed by atoms with Crippen molar-refractivity contribution < 1.29 is 33.5 Å². The molecule has 0 spiro atoms. The van der Waals surface area contributed by atoms with Gasteiger partial charge in [0.05, 0.1) is 47.5 Å². The van der Waals surface area contributed by atoms with Crippen molar-refractivity contribution in [2.75, 3.05) is 33.3 Å². The molecule has 0 radical (unpaired) electrons. The molecule has 58 heavy (non-hydrogen) atoms. The van der Waals surface area contributed by atoms with Crippen LogP contribution < -0.4 is 19.5 Å². The Labute approximate surface area is 337 Å². The van der Waals surface area contributed by atoms with Gasteiger partial charge in [0.15, 0.2) is 23.2 Å². The maximum Gasteiger partial charge on any atom is 0.167 e. The number of nitrogens with one attached hydrogen (secondary N) is 1. The van der Waals surface area contributed by atoms with E-state index in [1.54, 1.807) is 32.2 Å². The lowest BCUT2D eigenvalue weighted by Crippen LogP contribution is -2.38. The smallest absolute Gasteiger partial charge is 0.167 e. The van der Waals surface area contributed by atoms with Crippen LogP contribution in [0.25, 0.3) is 11.2 Å². The summed E-state index contributed by atoms with van der Waals surface area (Å²) in [4.78, 5) is 14.4. The van der Waals surface area contributed by atoms with Crippen LogP contribution in [0.2, 0.25) is 0 Å². The lowest BCUT2D eigenvalue weighted by molar-refractivity contribution is -0.0807. The largest absolute Gasteiger partial charge is 0.497 e. The SMILES string of the molecule is COc1ccc(CO[C@@H]2[C@H](O)[C@@H](COCc3ccccc3)O[C@H]2n2cnc3c(NC(c4ccccc4)(c4ccc(OC)cc4)c4ccc(OC)cc4)ncnc32)cc1. The summed E-state index contributed by atoms with van der Waals surface area (Å²) in [6.07, 6.45) is -0.149. The number of aromatic nitrogens is 4. The number of anilines is 1. The minimum atomic E-state index is -1.02. The van der Waals surface area contributed by atoms with E-state index in [1.807, 2.05) is 121 Å². The van der Waals surface area contributed by atoms with Crippen LogP contribution in [-0.2, 0) is 33.0 Å². The van der Waals surface area contributed by atoms with Crippen molar-refractivity contribution >= 4 is 17.0 Å².